The predicted molar refractivity (Wildman–Crippen MR) is 62.4 cm³/mol. The fourth-order valence-corrected chi connectivity index (χ4v) is 1.71. The predicted octanol–water partition coefficient (Wildman–Crippen LogP) is 1.82. The normalized spacial score (nSPS) is 20.7. The lowest BCUT2D eigenvalue weighted by Crippen LogP contribution is -2.36. The maximum atomic E-state index is 11.5. The standard InChI is InChI=1S/C12H16N2O2/c1-3-10-12(15)14-9-5-4-8(7(2)13)6-11(9)16-10/h4-7,10H,3,13H2,1-2H3,(H,14,15)/t7-,10-/m1/s1. The van der Waals surface area contributed by atoms with Crippen LogP contribution in [-0.4, -0.2) is 12.0 Å². The zero-order valence-electron chi connectivity index (χ0n) is 9.49. The van der Waals surface area contributed by atoms with Crippen LogP contribution < -0.4 is 15.8 Å². The second-order valence-electron chi connectivity index (χ2n) is 4.05. The van der Waals surface area contributed by atoms with Gasteiger partial charge < -0.3 is 15.8 Å². The van der Waals surface area contributed by atoms with E-state index in [2.05, 4.69) is 5.32 Å². The fraction of sp³-hybridized carbons (Fsp3) is 0.417. The first kappa shape index (κ1) is 11.0. The lowest BCUT2D eigenvalue weighted by Gasteiger charge is -2.25. The molecular weight excluding hydrogens is 204 g/mol. The summed E-state index contributed by atoms with van der Waals surface area (Å²) >= 11 is 0. The molecule has 2 rings (SSSR count). The maximum Gasteiger partial charge on any atom is 0.265 e. The van der Waals surface area contributed by atoms with Crippen molar-refractivity contribution in [2.45, 2.75) is 32.4 Å². The quantitative estimate of drug-likeness (QED) is 0.799. The monoisotopic (exact) mass is 220 g/mol. The molecule has 4 nitrogen and oxygen atoms in total. The number of carbonyl (C=O) groups is 1. The third-order valence-electron chi connectivity index (χ3n) is 2.72. The molecule has 1 aliphatic heterocycles. The number of rotatable bonds is 2. The average Bonchev–Trinajstić information content (AvgIpc) is 2.27. The number of ether oxygens (including phenoxy) is 1. The van der Waals surface area contributed by atoms with E-state index >= 15 is 0 Å². The van der Waals surface area contributed by atoms with Gasteiger partial charge in [0.1, 0.15) is 5.75 Å². The molecular formula is C12H16N2O2. The van der Waals surface area contributed by atoms with Gasteiger partial charge in [-0.05, 0) is 31.0 Å². The van der Waals surface area contributed by atoms with Gasteiger partial charge in [0.2, 0.25) is 0 Å². The molecule has 1 aliphatic rings. The molecule has 16 heavy (non-hydrogen) atoms. The first-order valence-electron chi connectivity index (χ1n) is 5.49. The van der Waals surface area contributed by atoms with E-state index in [9.17, 15) is 4.79 Å². The molecule has 1 aromatic rings. The second kappa shape index (κ2) is 4.14. The first-order valence-corrected chi connectivity index (χ1v) is 5.49. The van der Waals surface area contributed by atoms with Gasteiger partial charge in [-0.2, -0.15) is 0 Å². The van der Waals surface area contributed by atoms with E-state index in [4.69, 9.17) is 10.5 Å². The molecule has 1 heterocycles. The van der Waals surface area contributed by atoms with Gasteiger partial charge in [0, 0.05) is 6.04 Å². The summed E-state index contributed by atoms with van der Waals surface area (Å²) in [4.78, 5) is 11.5. The zero-order chi connectivity index (χ0) is 11.7. The highest BCUT2D eigenvalue weighted by molar-refractivity contribution is 5.97. The van der Waals surface area contributed by atoms with Crippen molar-refractivity contribution in [2.75, 3.05) is 5.32 Å². The molecule has 0 fully saturated rings. The summed E-state index contributed by atoms with van der Waals surface area (Å²) in [6, 6.07) is 5.59. The number of fused-ring (bicyclic) bond motifs is 1. The van der Waals surface area contributed by atoms with Crippen LogP contribution in [0.1, 0.15) is 31.9 Å². The summed E-state index contributed by atoms with van der Waals surface area (Å²) in [6.45, 7) is 3.84. The Morgan fingerprint density at radius 3 is 2.94 bits per heavy atom. The highest BCUT2D eigenvalue weighted by Crippen LogP contribution is 2.32. The Labute approximate surface area is 94.8 Å². The number of carbonyl (C=O) groups excluding carboxylic acids is 1. The van der Waals surface area contributed by atoms with Crippen LogP contribution in [0, 0.1) is 0 Å². The highest BCUT2D eigenvalue weighted by Gasteiger charge is 2.26. The Balaban J connectivity index is 2.33. The van der Waals surface area contributed by atoms with Gasteiger partial charge in [-0.3, -0.25) is 4.79 Å². The maximum absolute atomic E-state index is 11.5. The summed E-state index contributed by atoms with van der Waals surface area (Å²) in [7, 11) is 0. The van der Waals surface area contributed by atoms with Crippen molar-refractivity contribution in [3.05, 3.63) is 23.8 Å². The van der Waals surface area contributed by atoms with E-state index in [0.29, 0.717) is 12.2 Å². The Morgan fingerprint density at radius 1 is 1.56 bits per heavy atom. The lowest BCUT2D eigenvalue weighted by molar-refractivity contribution is -0.123. The minimum absolute atomic E-state index is 0.0356. The summed E-state index contributed by atoms with van der Waals surface area (Å²) in [5, 5.41) is 2.82. The number of hydrogen-bond donors (Lipinski definition) is 2. The van der Waals surface area contributed by atoms with Crippen molar-refractivity contribution < 1.29 is 9.53 Å². The summed E-state index contributed by atoms with van der Waals surface area (Å²) in [5.74, 6) is 0.629. The van der Waals surface area contributed by atoms with Gasteiger partial charge in [-0.15, -0.1) is 0 Å². The zero-order valence-corrected chi connectivity index (χ0v) is 9.49. The number of anilines is 1. The molecule has 2 atom stereocenters. The van der Waals surface area contributed by atoms with Gasteiger partial charge in [0.15, 0.2) is 6.10 Å². The van der Waals surface area contributed by atoms with Crippen molar-refractivity contribution in [3.63, 3.8) is 0 Å². The molecule has 0 spiro atoms. The molecule has 4 heteroatoms. The minimum atomic E-state index is -0.393. The van der Waals surface area contributed by atoms with Gasteiger partial charge in [0.05, 0.1) is 5.69 Å². The first-order chi connectivity index (χ1) is 7.61. The summed E-state index contributed by atoms with van der Waals surface area (Å²) in [5.41, 5.74) is 7.52. The van der Waals surface area contributed by atoms with E-state index in [1.54, 1.807) is 0 Å². The molecule has 0 radical (unpaired) electrons. The van der Waals surface area contributed by atoms with E-state index in [1.165, 1.54) is 0 Å². The van der Waals surface area contributed by atoms with Crippen LogP contribution in [0.3, 0.4) is 0 Å². The van der Waals surface area contributed by atoms with Gasteiger partial charge in [-0.1, -0.05) is 13.0 Å². The van der Waals surface area contributed by atoms with Crippen LogP contribution >= 0.6 is 0 Å². The molecule has 1 amide bonds. The van der Waals surface area contributed by atoms with Crippen LogP contribution in [0.4, 0.5) is 5.69 Å². The SMILES string of the molecule is CC[C@H]1Oc2cc([C@@H](C)N)ccc2NC1=O. The Morgan fingerprint density at radius 2 is 2.31 bits per heavy atom. The molecule has 0 saturated carbocycles. The fourth-order valence-electron chi connectivity index (χ4n) is 1.71. The van der Waals surface area contributed by atoms with Gasteiger partial charge in [-0.25, -0.2) is 0 Å². The van der Waals surface area contributed by atoms with Gasteiger partial charge >= 0.3 is 0 Å². The number of amides is 1. The Bertz CT molecular complexity index is 415. The Kier molecular flexibility index (Phi) is 2.83. The molecule has 3 N–H and O–H groups in total. The van der Waals surface area contributed by atoms with Crippen LogP contribution in [0.5, 0.6) is 5.75 Å². The molecule has 86 valence electrons. The van der Waals surface area contributed by atoms with E-state index in [-0.39, 0.29) is 11.9 Å². The minimum Gasteiger partial charge on any atom is -0.478 e. The highest BCUT2D eigenvalue weighted by atomic mass is 16.5. The lowest BCUT2D eigenvalue weighted by atomic mass is 10.1. The van der Waals surface area contributed by atoms with E-state index in [0.717, 1.165) is 11.3 Å². The third kappa shape index (κ3) is 1.88. The topological polar surface area (TPSA) is 64.3 Å². The van der Waals surface area contributed by atoms with Crippen molar-refractivity contribution in [1.82, 2.24) is 0 Å². The van der Waals surface area contributed by atoms with E-state index in [1.807, 2.05) is 32.0 Å². The number of nitrogens with one attached hydrogen (secondary N) is 1. The van der Waals surface area contributed by atoms with Crippen LogP contribution in [0.25, 0.3) is 0 Å². The molecule has 0 bridgehead atoms. The molecule has 0 aliphatic carbocycles. The van der Waals surface area contributed by atoms with Crippen LogP contribution in [0.15, 0.2) is 18.2 Å². The number of hydrogen-bond acceptors (Lipinski definition) is 3. The summed E-state index contributed by atoms with van der Waals surface area (Å²) in [6.07, 6.45) is 0.268. The molecule has 1 aromatic carbocycles. The number of benzene rings is 1. The average molecular weight is 220 g/mol. The smallest absolute Gasteiger partial charge is 0.265 e. The molecule has 0 unspecified atom stereocenters. The van der Waals surface area contributed by atoms with Crippen molar-refractivity contribution in [2.24, 2.45) is 5.73 Å². The van der Waals surface area contributed by atoms with Crippen LogP contribution in [0.2, 0.25) is 0 Å². The molecule has 0 aromatic heterocycles. The largest absolute Gasteiger partial charge is 0.478 e. The summed E-state index contributed by atoms with van der Waals surface area (Å²) < 4.78 is 5.62. The Hall–Kier alpha value is -1.55. The van der Waals surface area contributed by atoms with Gasteiger partial charge in [0.25, 0.3) is 5.91 Å². The van der Waals surface area contributed by atoms with Crippen molar-refractivity contribution in [1.29, 1.82) is 0 Å². The van der Waals surface area contributed by atoms with Crippen LogP contribution in [-0.2, 0) is 4.79 Å². The second-order valence-corrected chi connectivity index (χ2v) is 4.05. The third-order valence-corrected chi connectivity index (χ3v) is 2.72. The number of nitrogens with two attached hydrogens (primary N) is 1. The van der Waals surface area contributed by atoms with Crippen molar-refractivity contribution in [3.8, 4) is 5.75 Å². The molecule has 0 saturated heterocycles. The van der Waals surface area contributed by atoms with E-state index < -0.39 is 6.10 Å². The van der Waals surface area contributed by atoms with Crippen molar-refractivity contribution >= 4 is 11.6 Å².